The van der Waals surface area contributed by atoms with Crippen molar-refractivity contribution >= 4 is 12.0 Å². The molecule has 15 heavy (non-hydrogen) atoms. The molecule has 0 saturated heterocycles. The van der Waals surface area contributed by atoms with E-state index in [1.165, 1.54) is 0 Å². The zero-order valence-electron chi connectivity index (χ0n) is 8.18. The van der Waals surface area contributed by atoms with Gasteiger partial charge in [0.05, 0.1) is 0 Å². The Hall–Kier alpha value is -2.09. The van der Waals surface area contributed by atoms with Crippen molar-refractivity contribution in [1.82, 2.24) is 0 Å². The highest BCUT2D eigenvalue weighted by molar-refractivity contribution is 5.87. The molecule has 0 aliphatic heterocycles. The summed E-state index contributed by atoms with van der Waals surface area (Å²) in [6, 6.07) is 15.0. The standard InChI is InChI=1S/C13H11NO/c14-12-6-3-5-10(8-12)13-7-2-1-4-11(13)9-15/h1-9H,14H2. The Balaban J connectivity index is 2.58. The van der Waals surface area contributed by atoms with E-state index in [9.17, 15) is 4.79 Å². The van der Waals surface area contributed by atoms with Crippen LogP contribution in [0.3, 0.4) is 0 Å². The Morgan fingerprint density at radius 3 is 2.53 bits per heavy atom. The summed E-state index contributed by atoms with van der Waals surface area (Å²) in [5.74, 6) is 0. The third-order valence-corrected chi connectivity index (χ3v) is 2.29. The highest BCUT2D eigenvalue weighted by Gasteiger charge is 2.02. The van der Waals surface area contributed by atoms with Crippen LogP contribution in [0.15, 0.2) is 48.5 Å². The van der Waals surface area contributed by atoms with Crippen LogP contribution in [0.4, 0.5) is 5.69 Å². The SMILES string of the molecule is Nc1cccc(-c2ccccc2C=O)c1. The molecule has 0 atom stereocenters. The average molecular weight is 197 g/mol. The number of nitrogen functional groups attached to an aromatic ring is 1. The molecule has 0 amide bonds. The maximum atomic E-state index is 10.9. The second-order valence-corrected chi connectivity index (χ2v) is 3.33. The van der Waals surface area contributed by atoms with Gasteiger partial charge >= 0.3 is 0 Å². The van der Waals surface area contributed by atoms with Crippen molar-refractivity contribution in [2.24, 2.45) is 0 Å². The topological polar surface area (TPSA) is 43.1 Å². The first-order valence-electron chi connectivity index (χ1n) is 4.71. The van der Waals surface area contributed by atoms with Crippen LogP contribution in [0, 0.1) is 0 Å². The number of aldehydes is 1. The summed E-state index contributed by atoms with van der Waals surface area (Å²) < 4.78 is 0. The van der Waals surface area contributed by atoms with Gasteiger partial charge in [0, 0.05) is 11.3 Å². The van der Waals surface area contributed by atoms with E-state index in [1.54, 1.807) is 6.07 Å². The first-order valence-corrected chi connectivity index (χ1v) is 4.71. The molecule has 2 aromatic rings. The highest BCUT2D eigenvalue weighted by atomic mass is 16.1. The van der Waals surface area contributed by atoms with Crippen molar-refractivity contribution in [2.45, 2.75) is 0 Å². The quantitative estimate of drug-likeness (QED) is 0.594. The van der Waals surface area contributed by atoms with Crippen molar-refractivity contribution in [3.05, 3.63) is 54.1 Å². The Bertz CT molecular complexity index is 491. The zero-order valence-corrected chi connectivity index (χ0v) is 8.18. The minimum absolute atomic E-state index is 0.683. The molecule has 0 aliphatic carbocycles. The molecular weight excluding hydrogens is 186 g/mol. The molecular formula is C13H11NO. The van der Waals surface area contributed by atoms with Crippen LogP contribution in [-0.2, 0) is 0 Å². The smallest absolute Gasteiger partial charge is 0.150 e. The maximum absolute atomic E-state index is 10.9. The lowest BCUT2D eigenvalue weighted by Gasteiger charge is -2.05. The minimum Gasteiger partial charge on any atom is -0.399 e. The molecule has 74 valence electrons. The second-order valence-electron chi connectivity index (χ2n) is 3.33. The van der Waals surface area contributed by atoms with Gasteiger partial charge in [-0.05, 0) is 23.3 Å². The van der Waals surface area contributed by atoms with Crippen molar-refractivity contribution in [3.63, 3.8) is 0 Å². The molecule has 0 bridgehead atoms. The van der Waals surface area contributed by atoms with Crippen molar-refractivity contribution < 1.29 is 4.79 Å². The molecule has 2 heteroatoms. The number of hydrogen-bond donors (Lipinski definition) is 1. The fraction of sp³-hybridized carbons (Fsp3) is 0. The largest absolute Gasteiger partial charge is 0.399 e. The number of carbonyl (C=O) groups excluding carboxylic acids is 1. The average Bonchev–Trinajstić information content (AvgIpc) is 2.29. The van der Waals surface area contributed by atoms with Crippen LogP contribution in [0.5, 0.6) is 0 Å². The zero-order chi connectivity index (χ0) is 10.7. The van der Waals surface area contributed by atoms with Gasteiger partial charge in [-0.1, -0.05) is 36.4 Å². The van der Waals surface area contributed by atoms with Gasteiger partial charge in [0.25, 0.3) is 0 Å². The van der Waals surface area contributed by atoms with Crippen LogP contribution in [0.2, 0.25) is 0 Å². The van der Waals surface area contributed by atoms with Gasteiger partial charge in [-0.15, -0.1) is 0 Å². The van der Waals surface area contributed by atoms with Crippen LogP contribution in [0.25, 0.3) is 11.1 Å². The van der Waals surface area contributed by atoms with Crippen LogP contribution < -0.4 is 5.73 Å². The molecule has 0 radical (unpaired) electrons. The molecule has 0 aliphatic rings. The fourth-order valence-electron chi connectivity index (χ4n) is 1.57. The Labute approximate surface area is 88.4 Å². The Morgan fingerprint density at radius 2 is 1.80 bits per heavy atom. The third kappa shape index (κ3) is 1.89. The molecule has 2 aromatic carbocycles. The van der Waals surface area contributed by atoms with E-state index in [0.29, 0.717) is 11.3 Å². The van der Waals surface area contributed by atoms with Gasteiger partial charge in [0.2, 0.25) is 0 Å². The lowest BCUT2D eigenvalue weighted by atomic mass is 10.0. The van der Waals surface area contributed by atoms with E-state index < -0.39 is 0 Å². The van der Waals surface area contributed by atoms with Gasteiger partial charge < -0.3 is 5.73 Å². The molecule has 2 N–H and O–H groups in total. The van der Waals surface area contributed by atoms with E-state index in [4.69, 9.17) is 5.73 Å². The van der Waals surface area contributed by atoms with Crippen molar-refractivity contribution in [1.29, 1.82) is 0 Å². The van der Waals surface area contributed by atoms with E-state index in [1.807, 2.05) is 42.5 Å². The number of nitrogens with two attached hydrogens (primary N) is 1. The summed E-state index contributed by atoms with van der Waals surface area (Å²) >= 11 is 0. The molecule has 0 heterocycles. The highest BCUT2D eigenvalue weighted by Crippen LogP contribution is 2.23. The normalized spacial score (nSPS) is 9.87. The number of anilines is 1. The second kappa shape index (κ2) is 3.96. The summed E-state index contributed by atoms with van der Waals surface area (Å²) in [5.41, 5.74) is 8.97. The molecule has 0 saturated carbocycles. The van der Waals surface area contributed by atoms with E-state index in [0.717, 1.165) is 17.4 Å². The van der Waals surface area contributed by atoms with Crippen LogP contribution in [-0.4, -0.2) is 6.29 Å². The van der Waals surface area contributed by atoms with Crippen LogP contribution in [0.1, 0.15) is 10.4 Å². The van der Waals surface area contributed by atoms with E-state index in [-0.39, 0.29) is 0 Å². The first-order chi connectivity index (χ1) is 7.31. The van der Waals surface area contributed by atoms with Crippen molar-refractivity contribution in [2.75, 3.05) is 5.73 Å². The summed E-state index contributed by atoms with van der Waals surface area (Å²) in [6.07, 6.45) is 0.860. The maximum Gasteiger partial charge on any atom is 0.150 e. The van der Waals surface area contributed by atoms with Crippen molar-refractivity contribution in [3.8, 4) is 11.1 Å². The predicted molar refractivity (Wildman–Crippen MR) is 61.7 cm³/mol. The first kappa shape index (κ1) is 9.46. The molecule has 0 spiro atoms. The van der Waals surface area contributed by atoms with E-state index >= 15 is 0 Å². The summed E-state index contributed by atoms with van der Waals surface area (Å²) in [4.78, 5) is 10.9. The Kier molecular flexibility index (Phi) is 2.50. The van der Waals surface area contributed by atoms with Gasteiger partial charge in [0.1, 0.15) is 0 Å². The predicted octanol–water partition coefficient (Wildman–Crippen LogP) is 2.75. The number of benzene rings is 2. The molecule has 0 aromatic heterocycles. The summed E-state index contributed by atoms with van der Waals surface area (Å²) in [7, 11) is 0. The Morgan fingerprint density at radius 1 is 1.00 bits per heavy atom. The molecule has 0 fully saturated rings. The van der Waals surface area contributed by atoms with Gasteiger partial charge in [-0.2, -0.15) is 0 Å². The minimum atomic E-state index is 0.683. The van der Waals surface area contributed by atoms with Gasteiger partial charge in [0.15, 0.2) is 6.29 Å². The number of rotatable bonds is 2. The molecule has 2 nitrogen and oxygen atoms in total. The third-order valence-electron chi connectivity index (χ3n) is 2.29. The summed E-state index contributed by atoms with van der Waals surface area (Å²) in [5, 5.41) is 0. The molecule has 0 unspecified atom stereocenters. The lowest BCUT2D eigenvalue weighted by Crippen LogP contribution is -1.89. The monoisotopic (exact) mass is 197 g/mol. The van der Waals surface area contributed by atoms with Gasteiger partial charge in [-0.25, -0.2) is 0 Å². The number of hydrogen-bond acceptors (Lipinski definition) is 2. The van der Waals surface area contributed by atoms with Gasteiger partial charge in [-0.3, -0.25) is 4.79 Å². The van der Waals surface area contributed by atoms with Crippen LogP contribution >= 0.6 is 0 Å². The van der Waals surface area contributed by atoms with E-state index in [2.05, 4.69) is 0 Å². The lowest BCUT2D eigenvalue weighted by molar-refractivity contribution is 0.112. The molecule has 2 rings (SSSR count). The fourth-order valence-corrected chi connectivity index (χ4v) is 1.57. The number of carbonyl (C=O) groups is 1. The summed E-state index contributed by atoms with van der Waals surface area (Å²) in [6.45, 7) is 0.